The quantitative estimate of drug-likeness (QED) is 0.514. The molecule has 0 aromatic heterocycles. The van der Waals surface area contributed by atoms with Gasteiger partial charge in [0.15, 0.2) is 0 Å². The molecule has 0 saturated heterocycles. The minimum absolute atomic E-state index is 0.463. The number of fused-ring (bicyclic) bond motifs is 1. The van der Waals surface area contributed by atoms with E-state index in [4.69, 9.17) is 0 Å². The van der Waals surface area contributed by atoms with Crippen molar-refractivity contribution in [1.82, 2.24) is 0 Å². The van der Waals surface area contributed by atoms with E-state index < -0.39 is 0 Å². The highest BCUT2D eigenvalue weighted by molar-refractivity contribution is 5.26. The summed E-state index contributed by atoms with van der Waals surface area (Å²) in [7, 11) is 0. The van der Waals surface area contributed by atoms with E-state index in [1.165, 1.54) is 5.22 Å². The Bertz CT molecular complexity index is 365. The molecule has 1 aliphatic rings. The lowest BCUT2D eigenvalue weighted by Crippen LogP contribution is -2.29. The van der Waals surface area contributed by atoms with Crippen LogP contribution in [-0.2, 0) is 0 Å². The van der Waals surface area contributed by atoms with Crippen LogP contribution in [0.25, 0.3) is 6.08 Å². The first kappa shape index (κ1) is 6.59. The molecule has 1 aliphatic heterocycles. The molecule has 0 saturated carbocycles. The van der Waals surface area contributed by atoms with Crippen molar-refractivity contribution >= 4 is 6.08 Å². The third-order valence-corrected chi connectivity index (χ3v) is 1.98. The minimum atomic E-state index is 0.463. The molecule has 1 unspecified atom stereocenters. The van der Waals surface area contributed by atoms with Gasteiger partial charge in [-0.25, -0.2) is 0 Å². The predicted molar refractivity (Wildman–Crippen MR) is 45.8 cm³/mol. The number of para-hydroxylation sites is 1. The topological polar surface area (TPSA) is 12.4 Å². The zero-order valence-electron chi connectivity index (χ0n) is 6.62. The van der Waals surface area contributed by atoms with Crippen LogP contribution in [0.15, 0.2) is 29.3 Å². The summed E-state index contributed by atoms with van der Waals surface area (Å²) < 4.78 is 0. The van der Waals surface area contributed by atoms with E-state index in [2.05, 4.69) is 36.2 Å². The van der Waals surface area contributed by atoms with Gasteiger partial charge in [0.05, 0.1) is 11.4 Å². The number of hydrogen-bond acceptors (Lipinski definition) is 1. The minimum Gasteiger partial charge on any atom is -0.281 e. The molecule has 1 aromatic carbocycles. The lowest BCUT2D eigenvalue weighted by Gasteiger charge is -2.05. The van der Waals surface area contributed by atoms with Crippen LogP contribution in [-0.4, -0.2) is 6.04 Å². The first-order chi connectivity index (χ1) is 5.36. The van der Waals surface area contributed by atoms with Crippen molar-refractivity contribution in [1.29, 1.82) is 0 Å². The number of rotatable bonds is 0. The molecule has 1 aromatic rings. The Morgan fingerprint density at radius 3 is 3.09 bits per heavy atom. The Labute approximate surface area is 66.1 Å². The van der Waals surface area contributed by atoms with Gasteiger partial charge in [-0.2, -0.15) is 0 Å². The van der Waals surface area contributed by atoms with Crippen molar-refractivity contribution in [3.05, 3.63) is 34.8 Å². The summed E-state index contributed by atoms with van der Waals surface area (Å²) in [5, 5.41) is 2.43. The molecule has 11 heavy (non-hydrogen) atoms. The molecule has 56 valence electrons. The van der Waals surface area contributed by atoms with Crippen molar-refractivity contribution in [2.24, 2.45) is 4.99 Å². The smallest absolute Gasteiger partial charge is 0.0646 e. The van der Waals surface area contributed by atoms with E-state index in [-0.39, 0.29) is 0 Å². The van der Waals surface area contributed by atoms with Crippen LogP contribution < -0.4 is 10.6 Å². The molecule has 0 amide bonds. The van der Waals surface area contributed by atoms with Gasteiger partial charge in [0, 0.05) is 0 Å². The highest BCUT2D eigenvalue weighted by Crippen LogP contribution is 1.97. The van der Waals surface area contributed by atoms with Gasteiger partial charge in [-0.15, -0.1) is 0 Å². The molecule has 0 N–H and O–H groups in total. The fraction of sp³-hybridized carbons (Fsp3) is 0.300. The summed E-state index contributed by atoms with van der Waals surface area (Å²) in [6.07, 6.45) is 3.34. The van der Waals surface area contributed by atoms with Crippen LogP contribution in [0, 0.1) is 0 Å². The maximum Gasteiger partial charge on any atom is 0.0646 e. The summed E-state index contributed by atoms with van der Waals surface area (Å²) in [4.78, 5) is 4.51. The molecule has 0 bridgehead atoms. The third kappa shape index (κ3) is 1.18. The maximum atomic E-state index is 4.51. The van der Waals surface area contributed by atoms with Crippen LogP contribution in [0.2, 0.25) is 0 Å². The van der Waals surface area contributed by atoms with Crippen LogP contribution in [0.3, 0.4) is 0 Å². The molecular formula is C10H11N. The Balaban J connectivity index is 2.73. The Kier molecular flexibility index (Phi) is 1.50. The zero-order chi connectivity index (χ0) is 7.68. The molecule has 1 heteroatoms. The lowest BCUT2D eigenvalue weighted by atomic mass is 10.1. The summed E-state index contributed by atoms with van der Waals surface area (Å²) >= 11 is 0. The van der Waals surface area contributed by atoms with Gasteiger partial charge in [0.25, 0.3) is 0 Å². The first-order valence-electron chi connectivity index (χ1n) is 3.99. The van der Waals surface area contributed by atoms with Crippen LogP contribution in [0.4, 0.5) is 0 Å². The highest BCUT2D eigenvalue weighted by Gasteiger charge is 1.99. The standard InChI is InChI=1S/C10H11N/c1-8-6-7-9-4-2-3-5-10(9)11-8/h2-5,7-8H,6H2,1H3. The number of benzene rings is 1. The molecule has 0 aliphatic carbocycles. The van der Waals surface area contributed by atoms with Gasteiger partial charge in [-0.1, -0.05) is 24.3 Å². The molecule has 1 heterocycles. The molecule has 1 atom stereocenters. The summed E-state index contributed by atoms with van der Waals surface area (Å²) in [6.45, 7) is 2.15. The molecule has 0 radical (unpaired) electrons. The summed E-state index contributed by atoms with van der Waals surface area (Å²) in [6, 6.07) is 8.74. The number of nitrogens with zero attached hydrogens (tertiary/aromatic N) is 1. The Hall–Kier alpha value is -1.11. The van der Waals surface area contributed by atoms with Gasteiger partial charge >= 0.3 is 0 Å². The van der Waals surface area contributed by atoms with Crippen molar-refractivity contribution in [3.63, 3.8) is 0 Å². The van der Waals surface area contributed by atoms with E-state index in [1.54, 1.807) is 0 Å². The average Bonchev–Trinajstić information content (AvgIpc) is 2.04. The molecule has 0 spiro atoms. The van der Waals surface area contributed by atoms with Gasteiger partial charge < -0.3 is 0 Å². The first-order valence-corrected chi connectivity index (χ1v) is 3.99. The molecule has 1 nitrogen and oxygen atoms in total. The van der Waals surface area contributed by atoms with E-state index in [0.717, 1.165) is 11.8 Å². The SMILES string of the molecule is CC1CC=c2ccccc2=N1. The van der Waals surface area contributed by atoms with Crippen molar-refractivity contribution in [2.75, 3.05) is 0 Å². The van der Waals surface area contributed by atoms with Crippen molar-refractivity contribution < 1.29 is 0 Å². The Morgan fingerprint density at radius 2 is 2.18 bits per heavy atom. The number of hydrogen-bond donors (Lipinski definition) is 0. The van der Waals surface area contributed by atoms with E-state index in [0.29, 0.717) is 6.04 Å². The van der Waals surface area contributed by atoms with E-state index in [1.807, 2.05) is 6.07 Å². The summed E-state index contributed by atoms with van der Waals surface area (Å²) in [5.41, 5.74) is 0. The summed E-state index contributed by atoms with van der Waals surface area (Å²) in [5.74, 6) is 0. The second-order valence-electron chi connectivity index (χ2n) is 2.98. The van der Waals surface area contributed by atoms with Gasteiger partial charge in [-0.05, 0) is 24.6 Å². The van der Waals surface area contributed by atoms with Crippen LogP contribution in [0.5, 0.6) is 0 Å². The maximum absolute atomic E-state index is 4.51. The Morgan fingerprint density at radius 1 is 1.36 bits per heavy atom. The van der Waals surface area contributed by atoms with Crippen molar-refractivity contribution in [2.45, 2.75) is 19.4 Å². The van der Waals surface area contributed by atoms with E-state index in [9.17, 15) is 0 Å². The fourth-order valence-electron chi connectivity index (χ4n) is 1.37. The second kappa shape index (κ2) is 2.50. The lowest BCUT2D eigenvalue weighted by molar-refractivity contribution is 0.738. The average molecular weight is 145 g/mol. The molecule has 2 rings (SSSR count). The van der Waals surface area contributed by atoms with Gasteiger partial charge in [0.2, 0.25) is 0 Å². The van der Waals surface area contributed by atoms with E-state index >= 15 is 0 Å². The van der Waals surface area contributed by atoms with Crippen molar-refractivity contribution in [3.8, 4) is 0 Å². The normalized spacial score (nSPS) is 21.4. The van der Waals surface area contributed by atoms with Gasteiger partial charge in [0.1, 0.15) is 0 Å². The monoisotopic (exact) mass is 145 g/mol. The van der Waals surface area contributed by atoms with Gasteiger partial charge in [-0.3, -0.25) is 4.99 Å². The predicted octanol–water partition coefficient (Wildman–Crippen LogP) is 0.879. The molecular weight excluding hydrogens is 134 g/mol. The largest absolute Gasteiger partial charge is 0.281 e. The third-order valence-electron chi connectivity index (χ3n) is 1.98. The van der Waals surface area contributed by atoms with Crippen LogP contribution >= 0.6 is 0 Å². The second-order valence-corrected chi connectivity index (χ2v) is 2.98. The zero-order valence-corrected chi connectivity index (χ0v) is 6.62. The van der Waals surface area contributed by atoms with Crippen LogP contribution in [0.1, 0.15) is 13.3 Å². The fourth-order valence-corrected chi connectivity index (χ4v) is 1.37. The molecule has 0 fully saturated rings. The highest BCUT2D eigenvalue weighted by atomic mass is 14.8.